The monoisotopic (exact) mass is 259 g/mol. The third-order valence-electron chi connectivity index (χ3n) is 3.07. The molecule has 6 nitrogen and oxygen atoms in total. The molecule has 2 aromatic heterocycles. The largest absolute Gasteiger partial charge is 0.446 e. The van der Waals surface area contributed by atoms with E-state index in [4.69, 9.17) is 4.42 Å². The van der Waals surface area contributed by atoms with Crippen LogP contribution in [0.4, 0.5) is 17.5 Å². The molecule has 1 aliphatic rings. The van der Waals surface area contributed by atoms with Crippen LogP contribution in [0.3, 0.4) is 0 Å². The van der Waals surface area contributed by atoms with Gasteiger partial charge in [-0.1, -0.05) is 0 Å². The standard InChI is InChI=1S/C13H17N5O/c1-9-2-3-13(19-9)18-12-6-11(15-8-16-12)17-10-4-5-14-7-10/h2-3,6,8,10,14H,4-5,7H2,1H3,(H2,15,16,17,18). The molecule has 1 unspecified atom stereocenters. The first-order valence-electron chi connectivity index (χ1n) is 6.42. The molecule has 1 saturated heterocycles. The minimum Gasteiger partial charge on any atom is -0.446 e. The van der Waals surface area contributed by atoms with Crippen LogP contribution in [0, 0.1) is 6.92 Å². The molecule has 1 atom stereocenters. The first-order chi connectivity index (χ1) is 9.29. The maximum atomic E-state index is 5.46. The van der Waals surface area contributed by atoms with Gasteiger partial charge in [-0.15, -0.1) is 0 Å². The van der Waals surface area contributed by atoms with Gasteiger partial charge in [-0.05, 0) is 26.0 Å². The highest BCUT2D eigenvalue weighted by Crippen LogP contribution is 2.19. The van der Waals surface area contributed by atoms with E-state index in [0.717, 1.165) is 36.9 Å². The molecule has 3 rings (SSSR count). The molecular formula is C13H17N5O. The quantitative estimate of drug-likeness (QED) is 0.778. The van der Waals surface area contributed by atoms with Crippen molar-refractivity contribution < 1.29 is 4.42 Å². The Morgan fingerprint density at radius 3 is 2.95 bits per heavy atom. The van der Waals surface area contributed by atoms with E-state index in [1.807, 2.05) is 25.1 Å². The number of rotatable bonds is 4. The van der Waals surface area contributed by atoms with Crippen LogP contribution in [-0.4, -0.2) is 29.1 Å². The van der Waals surface area contributed by atoms with Crippen molar-refractivity contribution in [2.24, 2.45) is 0 Å². The van der Waals surface area contributed by atoms with Crippen LogP contribution in [0.5, 0.6) is 0 Å². The van der Waals surface area contributed by atoms with Gasteiger partial charge in [0.25, 0.3) is 0 Å². The number of aromatic nitrogens is 2. The normalized spacial score (nSPS) is 18.5. The number of nitrogens with zero attached hydrogens (tertiary/aromatic N) is 2. The summed E-state index contributed by atoms with van der Waals surface area (Å²) in [6.07, 6.45) is 2.66. The smallest absolute Gasteiger partial charge is 0.198 e. The highest BCUT2D eigenvalue weighted by molar-refractivity contribution is 5.54. The summed E-state index contributed by atoms with van der Waals surface area (Å²) in [7, 11) is 0. The lowest BCUT2D eigenvalue weighted by Crippen LogP contribution is -2.22. The summed E-state index contributed by atoms with van der Waals surface area (Å²) in [5, 5.41) is 9.82. The lowest BCUT2D eigenvalue weighted by atomic mass is 10.2. The Morgan fingerprint density at radius 1 is 1.32 bits per heavy atom. The molecule has 1 fully saturated rings. The van der Waals surface area contributed by atoms with Gasteiger partial charge in [-0.3, -0.25) is 0 Å². The molecule has 0 aliphatic carbocycles. The highest BCUT2D eigenvalue weighted by Gasteiger charge is 2.14. The number of hydrogen-bond donors (Lipinski definition) is 3. The molecule has 3 N–H and O–H groups in total. The minimum absolute atomic E-state index is 0.439. The predicted octanol–water partition coefficient (Wildman–Crippen LogP) is 1.90. The number of furan rings is 1. The summed E-state index contributed by atoms with van der Waals surface area (Å²) in [5.74, 6) is 3.10. The second-order valence-corrected chi connectivity index (χ2v) is 4.66. The predicted molar refractivity (Wildman–Crippen MR) is 73.7 cm³/mol. The molecule has 1 aliphatic heterocycles. The molecule has 2 aromatic rings. The first-order valence-corrected chi connectivity index (χ1v) is 6.42. The van der Waals surface area contributed by atoms with E-state index in [2.05, 4.69) is 25.9 Å². The fourth-order valence-electron chi connectivity index (χ4n) is 2.12. The van der Waals surface area contributed by atoms with E-state index in [1.165, 1.54) is 0 Å². The van der Waals surface area contributed by atoms with E-state index in [-0.39, 0.29) is 0 Å². The molecule has 0 saturated carbocycles. The fraction of sp³-hybridized carbons (Fsp3) is 0.385. The Labute approximate surface area is 111 Å². The Balaban J connectivity index is 1.68. The van der Waals surface area contributed by atoms with Gasteiger partial charge in [-0.25, -0.2) is 9.97 Å². The third kappa shape index (κ3) is 3.03. The topological polar surface area (TPSA) is 75.0 Å². The van der Waals surface area contributed by atoms with E-state index < -0.39 is 0 Å². The van der Waals surface area contributed by atoms with Gasteiger partial charge in [-0.2, -0.15) is 0 Å². The summed E-state index contributed by atoms with van der Waals surface area (Å²) in [6, 6.07) is 6.11. The van der Waals surface area contributed by atoms with Gasteiger partial charge in [0.15, 0.2) is 5.88 Å². The molecule has 0 spiro atoms. The van der Waals surface area contributed by atoms with Gasteiger partial charge in [0.1, 0.15) is 23.7 Å². The number of hydrogen-bond acceptors (Lipinski definition) is 6. The Morgan fingerprint density at radius 2 is 2.21 bits per heavy atom. The minimum atomic E-state index is 0.439. The van der Waals surface area contributed by atoms with E-state index >= 15 is 0 Å². The molecule has 0 amide bonds. The molecule has 0 bridgehead atoms. The Bertz CT molecular complexity index is 547. The molecule has 19 heavy (non-hydrogen) atoms. The average Bonchev–Trinajstić information content (AvgIpc) is 3.02. The summed E-state index contributed by atoms with van der Waals surface area (Å²) < 4.78 is 5.46. The number of anilines is 3. The number of aryl methyl sites for hydroxylation is 1. The zero-order valence-corrected chi connectivity index (χ0v) is 10.8. The lowest BCUT2D eigenvalue weighted by molar-refractivity contribution is 0.551. The van der Waals surface area contributed by atoms with Gasteiger partial charge in [0.2, 0.25) is 0 Å². The van der Waals surface area contributed by atoms with Crippen LogP contribution in [0.25, 0.3) is 0 Å². The highest BCUT2D eigenvalue weighted by atomic mass is 16.4. The van der Waals surface area contributed by atoms with Crippen LogP contribution in [-0.2, 0) is 0 Å². The van der Waals surface area contributed by atoms with Gasteiger partial charge in [0.05, 0.1) is 0 Å². The summed E-state index contributed by atoms with van der Waals surface area (Å²) in [4.78, 5) is 8.41. The van der Waals surface area contributed by atoms with Crippen LogP contribution in [0.2, 0.25) is 0 Å². The van der Waals surface area contributed by atoms with Gasteiger partial charge < -0.3 is 20.4 Å². The SMILES string of the molecule is Cc1ccc(Nc2cc(NC3CCNC3)ncn2)o1. The van der Waals surface area contributed by atoms with Crippen LogP contribution < -0.4 is 16.0 Å². The second-order valence-electron chi connectivity index (χ2n) is 4.66. The molecule has 0 radical (unpaired) electrons. The molecular weight excluding hydrogens is 242 g/mol. The van der Waals surface area contributed by atoms with Crippen molar-refractivity contribution in [2.75, 3.05) is 23.7 Å². The zero-order valence-electron chi connectivity index (χ0n) is 10.8. The van der Waals surface area contributed by atoms with Crippen molar-refractivity contribution in [2.45, 2.75) is 19.4 Å². The van der Waals surface area contributed by atoms with E-state index in [9.17, 15) is 0 Å². The van der Waals surface area contributed by atoms with Crippen molar-refractivity contribution in [3.05, 3.63) is 30.3 Å². The molecule has 3 heterocycles. The van der Waals surface area contributed by atoms with Crippen LogP contribution in [0.1, 0.15) is 12.2 Å². The average molecular weight is 259 g/mol. The van der Waals surface area contributed by atoms with Gasteiger partial charge in [0, 0.05) is 24.7 Å². The van der Waals surface area contributed by atoms with Crippen molar-refractivity contribution >= 4 is 17.5 Å². The van der Waals surface area contributed by atoms with E-state index in [0.29, 0.717) is 11.9 Å². The van der Waals surface area contributed by atoms with E-state index in [1.54, 1.807) is 6.33 Å². The Kier molecular flexibility index (Phi) is 3.33. The summed E-state index contributed by atoms with van der Waals surface area (Å²) in [5.41, 5.74) is 0. The maximum absolute atomic E-state index is 5.46. The molecule has 6 heteroatoms. The van der Waals surface area contributed by atoms with Crippen molar-refractivity contribution in [1.29, 1.82) is 0 Å². The zero-order chi connectivity index (χ0) is 13.1. The van der Waals surface area contributed by atoms with Crippen molar-refractivity contribution in [1.82, 2.24) is 15.3 Å². The maximum Gasteiger partial charge on any atom is 0.198 e. The summed E-state index contributed by atoms with van der Waals surface area (Å²) >= 11 is 0. The second kappa shape index (κ2) is 5.27. The summed E-state index contributed by atoms with van der Waals surface area (Å²) in [6.45, 7) is 3.94. The lowest BCUT2D eigenvalue weighted by Gasteiger charge is -2.12. The third-order valence-corrected chi connectivity index (χ3v) is 3.07. The van der Waals surface area contributed by atoms with Crippen molar-refractivity contribution in [3.8, 4) is 0 Å². The van der Waals surface area contributed by atoms with Crippen LogP contribution >= 0.6 is 0 Å². The van der Waals surface area contributed by atoms with Gasteiger partial charge >= 0.3 is 0 Å². The fourth-order valence-corrected chi connectivity index (χ4v) is 2.12. The molecule has 100 valence electrons. The Hall–Kier alpha value is -2.08. The van der Waals surface area contributed by atoms with Crippen LogP contribution in [0.15, 0.2) is 28.9 Å². The first kappa shape index (κ1) is 12.0. The van der Waals surface area contributed by atoms with Crippen molar-refractivity contribution in [3.63, 3.8) is 0 Å². The number of nitrogens with one attached hydrogen (secondary N) is 3. The molecule has 0 aromatic carbocycles.